The molecule has 0 fully saturated rings. The van der Waals surface area contributed by atoms with Crippen LogP contribution in [-0.4, -0.2) is 29.9 Å². The first kappa shape index (κ1) is 14.6. The van der Waals surface area contributed by atoms with E-state index in [4.69, 9.17) is 14.9 Å². The van der Waals surface area contributed by atoms with Crippen molar-refractivity contribution in [2.24, 2.45) is 5.92 Å². The Balaban J connectivity index is 4.38. The second kappa shape index (κ2) is 6.25. The van der Waals surface area contributed by atoms with Crippen molar-refractivity contribution < 1.29 is 19.1 Å². The minimum Gasteiger partial charge on any atom is -0.462 e. The molecule has 1 unspecified atom stereocenters. The molecule has 0 saturated carbocycles. The summed E-state index contributed by atoms with van der Waals surface area (Å²) in [5.74, 6) is -2.25. The highest BCUT2D eigenvalue weighted by Gasteiger charge is 2.27. The Kier molecular flexibility index (Phi) is 5.71. The number of ether oxygens (including phenoxy) is 2. The van der Waals surface area contributed by atoms with Crippen molar-refractivity contribution in [3.63, 3.8) is 0 Å². The van der Waals surface area contributed by atoms with Gasteiger partial charge in [-0.3, -0.25) is 10.2 Å². The number of hydrogen-bond donors (Lipinski definition) is 1. The Bertz CT molecular complexity index is 284. The zero-order valence-electron chi connectivity index (χ0n) is 10.4. The van der Waals surface area contributed by atoms with Crippen LogP contribution in [0.1, 0.15) is 34.6 Å². The number of carbonyl (C=O) groups is 2. The summed E-state index contributed by atoms with van der Waals surface area (Å²) >= 11 is 0. The van der Waals surface area contributed by atoms with Gasteiger partial charge in [-0.25, -0.2) is 4.79 Å². The fourth-order valence-corrected chi connectivity index (χ4v) is 0.907. The van der Waals surface area contributed by atoms with Gasteiger partial charge in [0.15, 0.2) is 0 Å². The summed E-state index contributed by atoms with van der Waals surface area (Å²) < 4.78 is 9.72. The molecule has 0 bridgehead atoms. The lowest BCUT2D eigenvalue weighted by Crippen LogP contribution is -2.32. The summed E-state index contributed by atoms with van der Waals surface area (Å²) in [5, 5.41) is 7.49. The van der Waals surface area contributed by atoms with Crippen LogP contribution in [0.15, 0.2) is 0 Å². The lowest BCUT2D eigenvalue weighted by molar-refractivity contribution is -0.151. The first-order valence-electron chi connectivity index (χ1n) is 5.25. The SMILES string of the molecule is CC(C)OC(=O)C(=N)C(C)C(=O)OC(C)C. The van der Waals surface area contributed by atoms with Gasteiger partial charge in [-0.2, -0.15) is 0 Å². The van der Waals surface area contributed by atoms with Gasteiger partial charge in [-0.05, 0) is 34.6 Å². The minimum atomic E-state index is -0.895. The summed E-state index contributed by atoms with van der Waals surface area (Å²) in [6.45, 7) is 8.24. The molecule has 0 aliphatic rings. The van der Waals surface area contributed by atoms with E-state index in [2.05, 4.69) is 0 Å². The Morgan fingerprint density at radius 2 is 1.38 bits per heavy atom. The molecule has 0 aromatic rings. The molecular weight excluding hydrogens is 210 g/mol. The average molecular weight is 229 g/mol. The predicted octanol–water partition coefficient (Wildman–Crippen LogP) is 1.55. The number of hydrogen-bond acceptors (Lipinski definition) is 5. The van der Waals surface area contributed by atoms with E-state index in [0.717, 1.165) is 0 Å². The third-order valence-corrected chi connectivity index (χ3v) is 1.70. The van der Waals surface area contributed by atoms with Gasteiger partial charge < -0.3 is 9.47 Å². The van der Waals surface area contributed by atoms with E-state index in [9.17, 15) is 9.59 Å². The number of rotatable bonds is 5. The third kappa shape index (κ3) is 4.91. The van der Waals surface area contributed by atoms with Crippen LogP contribution in [-0.2, 0) is 19.1 Å². The highest BCUT2D eigenvalue weighted by Crippen LogP contribution is 2.06. The molecule has 0 spiro atoms. The second-order valence-electron chi connectivity index (χ2n) is 4.08. The Morgan fingerprint density at radius 1 is 0.938 bits per heavy atom. The van der Waals surface area contributed by atoms with Crippen molar-refractivity contribution >= 4 is 17.7 Å². The Hall–Kier alpha value is -1.39. The van der Waals surface area contributed by atoms with Gasteiger partial charge in [-0.15, -0.1) is 0 Å². The molecule has 0 saturated heterocycles. The van der Waals surface area contributed by atoms with Crippen LogP contribution in [0.2, 0.25) is 0 Å². The molecule has 5 heteroatoms. The van der Waals surface area contributed by atoms with E-state index in [-0.39, 0.29) is 17.9 Å². The van der Waals surface area contributed by atoms with E-state index in [1.165, 1.54) is 6.92 Å². The van der Waals surface area contributed by atoms with Crippen molar-refractivity contribution in [1.29, 1.82) is 5.41 Å². The molecule has 0 rings (SSSR count). The Morgan fingerprint density at radius 3 is 1.75 bits per heavy atom. The normalized spacial score (nSPS) is 12.4. The molecular formula is C11H19NO4. The first-order chi connectivity index (χ1) is 7.25. The van der Waals surface area contributed by atoms with Gasteiger partial charge >= 0.3 is 11.9 Å². The topological polar surface area (TPSA) is 76.5 Å². The summed E-state index contributed by atoms with van der Waals surface area (Å²) in [6, 6.07) is 0. The van der Waals surface area contributed by atoms with Crippen LogP contribution in [0.25, 0.3) is 0 Å². The molecule has 1 atom stereocenters. The molecule has 0 heterocycles. The van der Waals surface area contributed by atoms with Crippen LogP contribution in [0.5, 0.6) is 0 Å². The minimum absolute atomic E-state index is 0.260. The summed E-state index contributed by atoms with van der Waals surface area (Å²) in [4.78, 5) is 22.7. The number of carbonyl (C=O) groups excluding carboxylic acids is 2. The van der Waals surface area contributed by atoms with E-state index in [1.807, 2.05) is 0 Å². The van der Waals surface area contributed by atoms with E-state index < -0.39 is 17.9 Å². The lowest BCUT2D eigenvalue weighted by atomic mass is 10.1. The zero-order chi connectivity index (χ0) is 12.9. The quantitative estimate of drug-likeness (QED) is 0.573. The number of esters is 2. The van der Waals surface area contributed by atoms with Gasteiger partial charge in [0.05, 0.1) is 12.2 Å². The fraction of sp³-hybridized carbons (Fsp3) is 0.727. The summed E-state index contributed by atoms with van der Waals surface area (Å²) in [7, 11) is 0. The molecule has 92 valence electrons. The molecule has 0 amide bonds. The average Bonchev–Trinajstić information content (AvgIpc) is 2.13. The summed E-state index contributed by atoms with van der Waals surface area (Å²) in [5.41, 5.74) is -0.376. The molecule has 5 nitrogen and oxygen atoms in total. The van der Waals surface area contributed by atoms with Crippen LogP contribution in [0, 0.1) is 11.3 Å². The molecule has 1 N–H and O–H groups in total. The van der Waals surface area contributed by atoms with Crippen molar-refractivity contribution in [2.75, 3.05) is 0 Å². The number of nitrogens with one attached hydrogen (secondary N) is 1. The van der Waals surface area contributed by atoms with Gasteiger partial charge in [0.25, 0.3) is 0 Å². The first-order valence-corrected chi connectivity index (χ1v) is 5.25. The predicted molar refractivity (Wildman–Crippen MR) is 59.3 cm³/mol. The van der Waals surface area contributed by atoms with E-state index in [0.29, 0.717) is 0 Å². The van der Waals surface area contributed by atoms with Crippen molar-refractivity contribution in [1.82, 2.24) is 0 Å². The Labute approximate surface area is 95.6 Å². The second-order valence-corrected chi connectivity index (χ2v) is 4.08. The van der Waals surface area contributed by atoms with E-state index >= 15 is 0 Å². The highest BCUT2D eigenvalue weighted by atomic mass is 16.5. The maximum Gasteiger partial charge on any atom is 0.353 e. The third-order valence-electron chi connectivity index (χ3n) is 1.70. The van der Waals surface area contributed by atoms with Gasteiger partial charge in [-0.1, -0.05) is 0 Å². The zero-order valence-corrected chi connectivity index (χ0v) is 10.4. The van der Waals surface area contributed by atoms with Crippen LogP contribution >= 0.6 is 0 Å². The molecule has 16 heavy (non-hydrogen) atoms. The smallest absolute Gasteiger partial charge is 0.353 e. The van der Waals surface area contributed by atoms with Crippen molar-refractivity contribution in [3.8, 4) is 0 Å². The standard InChI is InChI=1S/C11H19NO4/c1-6(2)15-10(13)8(5)9(12)11(14)16-7(3)4/h6-8,12H,1-5H3. The van der Waals surface area contributed by atoms with Crippen molar-refractivity contribution in [3.05, 3.63) is 0 Å². The van der Waals surface area contributed by atoms with Crippen molar-refractivity contribution in [2.45, 2.75) is 46.8 Å². The van der Waals surface area contributed by atoms with E-state index in [1.54, 1.807) is 27.7 Å². The molecule has 0 radical (unpaired) electrons. The molecule has 0 aliphatic carbocycles. The maximum atomic E-state index is 11.4. The van der Waals surface area contributed by atoms with Gasteiger partial charge in [0.2, 0.25) is 0 Å². The molecule has 0 aromatic heterocycles. The lowest BCUT2D eigenvalue weighted by Gasteiger charge is -2.15. The molecule has 0 aliphatic heterocycles. The summed E-state index contributed by atoms with van der Waals surface area (Å²) in [6.07, 6.45) is -0.565. The van der Waals surface area contributed by atoms with Crippen LogP contribution in [0.3, 0.4) is 0 Å². The van der Waals surface area contributed by atoms with Crippen LogP contribution in [0.4, 0.5) is 0 Å². The maximum absolute atomic E-state index is 11.4. The monoisotopic (exact) mass is 229 g/mol. The van der Waals surface area contributed by atoms with Gasteiger partial charge in [0.1, 0.15) is 11.6 Å². The highest BCUT2D eigenvalue weighted by molar-refractivity contribution is 6.39. The van der Waals surface area contributed by atoms with Crippen LogP contribution < -0.4 is 0 Å². The largest absolute Gasteiger partial charge is 0.462 e. The fourth-order valence-electron chi connectivity index (χ4n) is 0.907. The molecule has 0 aromatic carbocycles. The van der Waals surface area contributed by atoms with Gasteiger partial charge in [0, 0.05) is 0 Å².